The molecule has 1 heterocycles. The van der Waals surface area contributed by atoms with Gasteiger partial charge in [-0.1, -0.05) is 29.5 Å². The number of ether oxygens (including phenoxy) is 2. The molecular weight excluding hydrogens is 336 g/mol. The number of nitrogens with zero attached hydrogens (tertiary/aromatic N) is 1. The van der Waals surface area contributed by atoms with E-state index < -0.39 is 10.0 Å². The van der Waals surface area contributed by atoms with Gasteiger partial charge in [-0.2, -0.15) is 0 Å². The Hall–Kier alpha value is -2.32. The Balaban J connectivity index is 1.98. The van der Waals surface area contributed by atoms with Gasteiger partial charge in [-0.05, 0) is 12.1 Å². The molecule has 0 unspecified atom stereocenters. The lowest BCUT2D eigenvalue weighted by atomic mass is 10.3. The number of anilines is 1. The molecule has 0 saturated carbocycles. The van der Waals surface area contributed by atoms with Crippen LogP contribution in [0.25, 0.3) is 10.2 Å². The summed E-state index contributed by atoms with van der Waals surface area (Å²) in [6, 6.07) is 11.6. The van der Waals surface area contributed by atoms with Gasteiger partial charge >= 0.3 is 0 Å². The molecule has 0 bridgehead atoms. The Morgan fingerprint density at radius 1 is 1.04 bits per heavy atom. The highest BCUT2D eigenvalue weighted by Crippen LogP contribution is 2.36. The number of sulfonamides is 1. The normalized spacial score (nSPS) is 11.4. The van der Waals surface area contributed by atoms with Crippen LogP contribution in [0, 0.1) is 0 Å². The van der Waals surface area contributed by atoms with E-state index in [0.29, 0.717) is 22.1 Å². The summed E-state index contributed by atoms with van der Waals surface area (Å²) in [5, 5.41) is 0.291. The van der Waals surface area contributed by atoms with Crippen molar-refractivity contribution >= 4 is 36.7 Å². The van der Waals surface area contributed by atoms with Crippen molar-refractivity contribution in [2.24, 2.45) is 0 Å². The van der Waals surface area contributed by atoms with Crippen LogP contribution >= 0.6 is 11.3 Å². The second kappa shape index (κ2) is 6.05. The monoisotopic (exact) mass is 350 g/mol. The number of fused-ring (bicyclic) bond motifs is 1. The molecule has 0 spiro atoms. The van der Waals surface area contributed by atoms with Gasteiger partial charge < -0.3 is 9.47 Å². The fourth-order valence-corrected chi connectivity index (χ4v) is 4.20. The molecule has 0 aliphatic heterocycles. The van der Waals surface area contributed by atoms with Crippen molar-refractivity contribution in [2.75, 3.05) is 18.9 Å². The molecule has 3 aromatic rings. The Morgan fingerprint density at radius 3 is 2.35 bits per heavy atom. The average Bonchev–Trinajstić information content (AvgIpc) is 2.94. The number of thiazole rings is 1. The van der Waals surface area contributed by atoms with Gasteiger partial charge in [-0.15, -0.1) is 0 Å². The van der Waals surface area contributed by atoms with Gasteiger partial charge in [-0.3, -0.25) is 4.72 Å². The van der Waals surface area contributed by atoms with Crippen LogP contribution in [-0.2, 0) is 10.0 Å². The van der Waals surface area contributed by atoms with Crippen LogP contribution in [0.2, 0.25) is 0 Å². The number of methoxy groups -OCH3 is 2. The molecule has 0 fully saturated rings. The Labute approximate surface area is 137 Å². The first-order valence-electron chi connectivity index (χ1n) is 6.64. The molecule has 0 radical (unpaired) electrons. The SMILES string of the molecule is COc1cc2nc(NS(=O)(=O)c3ccccc3)sc2cc1OC. The topological polar surface area (TPSA) is 77.5 Å². The summed E-state index contributed by atoms with van der Waals surface area (Å²) < 4.78 is 38.4. The molecule has 0 aliphatic rings. The predicted octanol–water partition coefficient (Wildman–Crippen LogP) is 3.11. The van der Waals surface area contributed by atoms with Crippen LogP contribution in [0.4, 0.5) is 5.13 Å². The van der Waals surface area contributed by atoms with E-state index >= 15 is 0 Å². The van der Waals surface area contributed by atoms with Gasteiger partial charge in [0.1, 0.15) is 0 Å². The highest BCUT2D eigenvalue weighted by molar-refractivity contribution is 7.93. The summed E-state index contributed by atoms with van der Waals surface area (Å²) in [5.74, 6) is 1.11. The smallest absolute Gasteiger partial charge is 0.263 e. The van der Waals surface area contributed by atoms with Crippen LogP contribution in [0.15, 0.2) is 47.4 Å². The molecule has 0 aliphatic carbocycles. The molecule has 6 nitrogen and oxygen atoms in total. The van der Waals surface area contributed by atoms with Crippen LogP contribution in [0.3, 0.4) is 0 Å². The van der Waals surface area contributed by atoms with E-state index in [0.717, 1.165) is 4.70 Å². The fraction of sp³-hybridized carbons (Fsp3) is 0.133. The molecule has 0 amide bonds. The largest absolute Gasteiger partial charge is 0.493 e. The molecule has 3 rings (SSSR count). The van der Waals surface area contributed by atoms with Gasteiger partial charge in [0.05, 0.1) is 29.3 Å². The summed E-state index contributed by atoms with van der Waals surface area (Å²) in [7, 11) is -0.575. The van der Waals surface area contributed by atoms with Crippen LogP contribution in [0.1, 0.15) is 0 Å². The summed E-state index contributed by atoms with van der Waals surface area (Å²) in [5.41, 5.74) is 0.637. The van der Waals surface area contributed by atoms with E-state index in [1.807, 2.05) is 0 Å². The Bertz CT molecular complexity index is 896. The number of hydrogen-bond donors (Lipinski definition) is 1. The molecule has 1 N–H and O–H groups in total. The quantitative estimate of drug-likeness (QED) is 0.765. The second-order valence-corrected chi connectivity index (χ2v) is 7.33. The standard InChI is InChI=1S/C15H14N2O4S2/c1-20-12-8-11-14(9-13(12)21-2)22-15(16-11)17-23(18,19)10-6-4-3-5-7-10/h3-9H,1-2H3,(H,16,17). The molecule has 0 atom stereocenters. The number of nitrogens with one attached hydrogen (secondary N) is 1. The first-order chi connectivity index (χ1) is 11.0. The van der Waals surface area contributed by atoms with Crippen LogP contribution < -0.4 is 14.2 Å². The summed E-state index contributed by atoms with van der Waals surface area (Å²) in [6.07, 6.45) is 0. The van der Waals surface area contributed by atoms with Crippen LogP contribution in [-0.4, -0.2) is 27.6 Å². The lowest BCUT2D eigenvalue weighted by molar-refractivity contribution is 0.356. The molecule has 1 aromatic heterocycles. The van der Waals surface area contributed by atoms with Crippen molar-refractivity contribution in [3.8, 4) is 11.5 Å². The van der Waals surface area contributed by atoms with Crippen molar-refractivity contribution < 1.29 is 17.9 Å². The minimum absolute atomic E-state index is 0.189. The van der Waals surface area contributed by atoms with Crippen molar-refractivity contribution in [3.05, 3.63) is 42.5 Å². The minimum Gasteiger partial charge on any atom is -0.493 e. The first-order valence-corrected chi connectivity index (χ1v) is 8.94. The number of rotatable bonds is 5. The highest BCUT2D eigenvalue weighted by atomic mass is 32.2. The van der Waals surface area contributed by atoms with Crippen molar-refractivity contribution in [1.82, 2.24) is 4.98 Å². The maximum Gasteiger partial charge on any atom is 0.263 e. The van der Waals surface area contributed by atoms with Gasteiger partial charge in [0.25, 0.3) is 10.0 Å². The zero-order chi connectivity index (χ0) is 16.4. The van der Waals surface area contributed by atoms with E-state index in [4.69, 9.17) is 9.47 Å². The Kier molecular flexibility index (Phi) is 4.10. The van der Waals surface area contributed by atoms with E-state index in [9.17, 15) is 8.42 Å². The van der Waals surface area contributed by atoms with Crippen molar-refractivity contribution in [2.45, 2.75) is 4.90 Å². The third kappa shape index (κ3) is 3.08. The van der Waals surface area contributed by atoms with Crippen LogP contribution in [0.5, 0.6) is 11.5 Å². The third-order valence-corrected chi connectivity index (χ3v) is 5.59. The highest BCUT2D eigenvalue weighted by Gasteiger charge is 2.17. The lowest BCUT2D eigenvalue weighted by Crippen LogP contribution is -2.12. The fourth-order valence-electron chi connectivity index (χ4n) is 2.07. The van der Waals surface area contributed by atoms with Gasteiger partial charge in [-0.25, -0.2) is 13.4 Å². The van der Waals surface area contributed by atoms with Crippen molar-refractivity contribution in [3.63, 3.8) is 0 Å². The third-order valence-electron chi connectivity index (χ3n) is 3.17. The molecule has 23 heavy (non-hydrogen) atoms. The molecule has 8 heteroatoms. The number of benzene rings is 2. The van der Waals surface area contributed by atoms with E-state index in [2.05, 4.69) is 9.71 Å². The van der Waals surface area contributed by atoms with Crippen molar-refractivity contribution in [1.29, 1.82) is 0 Å². The zero-order valence-corrected chi connectivity index (χ0v) is 14.1. The minimum atomic E-state index is -3.66. The van der Waals surface area contributed by atoms with Gasteiger partial charge in [0, 0.05) is 12.1 Å². The molecule has 120 valence electrons. The van der Waals surface area contributed by atoms with E-state index in [1.54, 1.807) is 37.4 Å². The molecule has 2 aromatic carbocycles. The summed E-state index contributed by atoms with van der Waals surface area (Å²) in [6.45, 7) is 0. The average molecular weight is 350 g/mol. The Morgan fingerprint density at radius 2 is 1.70 bits per heavy atom. The molecular formula is C15H14N2O4S2. The van der Waals surface area contributed by atoms with Gasteiger partial charge in [0.15, 0.2) is 16.6 Å². The zero-order valence-electron chi connectivity index (χ0n) is 12.4. The second-order valence-electron chi connectivity index (χ2n) is 4.61. The summed E-state index contributed by atoms with van der Waals surface area (Å²) >= 11 is 1.23. The number of hydrogen-bond acceptors (Lipinski definition) is 6. The molecule has 0 saturated heterocycles. The van der Waals surface area contributed by atoms with Gasteiger partial charge in [0.2, 0.25) is 0 Å². The van der Waals surface area contributed by atoms with E-state index in [-0.39, 0.29) is 4.90 Å². The first kappa shape index (κ1) is 15.6. The maximum absolute atomic E-state index is 12.3. The lowest BCUT2D eigenvalue weighted by Gasteiger charge is -2.05. The summed E-state index contributed by atoms with van der Waals surface area (Å²) in [4.78, 5) is 4.49. The van der Waals surface area contributed by atoms with E-state index in [1.165, 1.54) is 30.6 Å². The predicted molar refractivity (Wildman–Crippen MR) is 90.0 cm³/mol. The number of aromatic nitrogens is 1. The maximum atomic E-state index is 12.3.